The van der Waals surface area contributed by atoms with Crippen LogP contribution in [0.15, 0.2) is 12.1 Å². The van der Waals surface area contributed by atoms with Gasteiger partial charge in [0, 0.05) is 18.7 Å². The Hall–Kier alpha value is -1.53. The van der Waals surface area contributed by atoms with E-state index in [1.807, 2.05) is 0 Å². The summed E-state index contributed by atoms with van der Waals surface area (Å²) in [5, 5.41) is 18.7. The van der Waals surface area contributed by atoms with Crippen LogP contribution >= 0.6 is 0 Å². The molecule has 2 rings (SSSR count). The highest BCUT2D eigenvalue weighted by molar-refractivity contribution is 5.70. The molecule has 0 aromatic heterocycles. The van der Waals surface area contributed by atoms with Gasteiger partial charge in [-0.1, -0.05) is 6.07 Å². The van der Waals surface area contributed by atoms with Crippen LogP contribution in [0.25, 0.3) is 0 Å². The molecule has 0 spiro atoms. The smallest absolute Gasteiger partial charge is 0.309 e. The quantitative estimate of drug-likeness (QED) is 0.884. The van der Waals surface area contributed by atoms with Gasteiger partial charge in [-0.3, -0.25) is 9.69 Å². The Kier molecular flexibility index (Phi) is 4.35. The molecule has 0 aliphatic carbocycles. The molecule has 1 heterocycles. The molecule has 1 aromatic rings. The maximum atomic E-state index is 13.9. The minimum atomic E-state index is -1.04. The first kappa shape index (κ1) is 14.9. The van der Waals surface area contributed by atoms with Gasteiger partial charge in [0.25, 0.3) is 0 Å². The number of carboxylic acid groups (broad SMARTS) is 1. The van der Waals surface area contributed by atoms with Crippen molar-refractivity contribution < 1.29 is 23.8 Å². The number of aliphatic hydroxyl groups is 1. The number of nitrogens with zero attached hydrogens (tertiary/aromatic N) is 1. The Morgan fingerprint density at radius 3 is 2.75 bits per heavy atom. The molecule has 2 atom stereocenters. The van der Waals surface area contributed by atoms with Gasteiger partial charge in [-0.2, -0.15) is 0 Å². The third-order valence-electron chi connectivity index (χ3n) is 3.74. The zero-order chi connectivity index (χ0) is 14.9. The van der Waals surface area contributed by atoms with E-state index in [1.54, 1.807) is 11.8 Å². The highest BCUT2D eigenvalue weighted by Crippen LogP contribution is 2.23. The van der Waals surface area contributed by atoms with E-state index in [1.165, 1.54) is 12.1 Å². The van der Waals surface area contributed by atoms with E-state index in [9.17, 15) is 18.7 Å². The van der Waals surface area contributed by atoms with Crippen LogP contribution in [0, 0.1) is 24.5 Å². The zero-order valence-corrected chi connectivity index (χ0v) is 11.1. The Bertz CT molecular complexity index is 521. The topological polar surface area (TPSA) is 60.8 Å². The zero-order valence-electron chi connectivity index (χ0n) is 11.1. The first-order valence-electron chi connectivity index (χ1n) is 6.47. The van der Waals surface area contributed by atoms with Gasteiger partial charge in [0.1, 0.15) is 11.6 Å². The monoisotopic (exact) mass is 285 g/mol. The van der Waals surface area contributed by atoms with E-state index in [4.69, 9.17) is 5.11 Å². The van der Waals surface area contributed by atoms with Gasteiger partial charge in [-0.25, -0.2) is 8.78 Å². The van der Waals surface area contributed by atoms with Crippen molar-refractivity contribution >= 4 is 5.97 Å². The number of aliphatic hydroxyl groups excluding tert-OH is 1. The van der Waals surface area contributed by atoms with Crippen molar-refractivity contribution in [2.45, 2.75) is 26.0 Å². The largest absolute Gasteiger partial charge is 0.481 e. The lowest BCUT2D eigenvalue weighted by molar-refractivity contribution is -0.148. The Morgan fingerprint density at radius 1 is 1.45 bits per heavy atom. The van der Waals surface area contributed by atoms with Gasteiger partial charge < -0.3 is 10.2 Å². The Balaban J connectivity index is 2.09. The summed E-state index contributed by atoms with van der Waals surface area (Å²) in [5.41, 5.74) is 0.327. The highest BCUT2D eigenvalue weighted by Gasteiger charge is 2.33. The lowest BCUT2D eigenvalue weighted by Crippen LogP contribution is -2.46. The van der Waals surface area contributed by atoms with Gasteiger partial charge in [0.05, 0.1) is 12.0 Å². The number of hydrogen-bond acceptors (Lipinski definition) is 3. The second-order valence-corrected chi connectivity index (χ2v) is 5.19. The predicted octanol–water partition coefficient (Wildman–Crippen LogP) is 1.54. The summed E-state index contributed by atoms with van der Waals surface area (Å²) >= 11 is 0. The molecule has 6 heteroatoms. The van der Waals surface area contributed by atoms with Crippen LogP contribution in [0.1, 0.15) is 17.5 Å². The van der Waals surface area contributed by atoms with E-state index in [0.29, 0.717) is 12.1 Å². The van der Waals surface area contributed by atoms with E-state index < -0.39 is 29.6 Å². The lowest BCUT2D eigenvalue weighted by atomic mass is 9.93. The first-order valence-corrected chi connectivity index (χ1v) is 6.47. The number of benzene rings is 1. The molecule has 4 nitrogen and oxygen atoms in total. The summed E-state index contributed by atoms with van der Waals surface area (Å²) in [6.45, 7) is 2.08. The number of aliphatic carboxylic acids is 1. The minimum Gasteiger partial charge on any atom is -0.481 e. The van der Waals surface area contributed by atoms with Gasteiger partial charge in [0.2, 0.25) is 0 Å². The van der Waals surface area contributed by atoms with Gasteiger partial charge in [0.15, 0.2) is 0 Å². The molecule has 1 aromatic carbocycles. The predicted molar refractivity (Wildman–Crippen MR) is 68.1 cm³/mol. The van der Waals surface area contributed by atoms with Crippen LogP contribution in [0.3, 0.4) is 0 Å². The third-order valence-corrected chi connectivity index (χ3v) is 3.74. The molecular formula is C14H17F2NO3. The molecule has 0 saturated carbocycles. The number of aryl methyl sites for hydroxylation is 1. The summed E-state index contributed by atoms with van der Waals surface area (Å²) in [5.74, 6) is -3.05. The van der Waals surface area contributed by atoms with Crippen molar-refractivity contribution in [1.82, 2.24) is 4.90 Å². The summed E-state index contributed by atoms with van der Waals surface area (Å²) < 4.78 is 27.6. The van der Waals surface area contributed by atoms with E-state index in [0.717, 1.165) is 0 Å². The summed E-state index contributed by atoms with van der Waals surface area (Å²) in [6, 6.07) is 2.59. The summed E-state index contributed by atoms with van der Waals surface area (Å²) in [7, 11) is 0. The molecule has 1 saturated heterocycles. The van der Waals surface area contributed by atoms with Crippen molar-refractivity contribution in [3.05, 3.63) is 34.9 Å². The van der Waals surface area contributed by atoms with Crippen LogP contribution < -0.4 is 0 Å². The molecule has 1 aliphatic heterocycles. The number of rotatable bonds is 3. The maximum absolute atomic E-state index is 13.9. The van der Waals surface area contributed by atoms with E-state index in [2.05, 4.69) is 0 Å². The fraction of sp³-hybridized carbons (Fsp3) is 0.500. The third kappa shape index (κ3) is 2.96. The number of carboxylic acids is 1. The standard InChI is InChI=1S/C14H17F2NO3/c1-8-2-3-11(15)10(13(8)16)6-17-5-4-9(14(19)20)12(18)7-17/h2-3,9,12,18H,4-7H2,1H3,(H,19,20)/t9-,12+/m0/s1. The average molecular weight is 285 g/mol. The Labute approximate surface area is 115 Å². The number of piperidine rings is 1. The molecular weight excluding hydrogens is 268 g/mol. The van der Waals surface area contributed by atoms with Crippen LogP contribution in [-0.2, 0) is 11.3 Å². The molecule has 20 heavy (non-hydrogen) atoms. The van der Waals surface area contributed by atoms with Crippen LogP contribution in [0.5, 0.6) is 0 Å². The highest BCUT2D eigenvalue weighted by atomic mass is 19.1. The second-order valence-electron chi connectivity index (χ2n) is 5.19. The van der Waals surface area contributed by atoms with Crippen molar-refractivity contribution in [3.8, 4) is 0 Å². The molecule has 0 radical (unpaired) electrons. The fourth-order valence-electron chi connectivity index (χ4n) is 2.51. The Morgan fingerprint density at radius 2 is 2.15 bits per heavy atom. The maximum Gasteiger partial charge on any atom is 0.309 e. The summed E-state index contributed by atoms with van der Waals surface area (Å²) in [6.07, 6.45) is -0.747. The number of hydrogen-bond donors (Lipinski definition) is 2. The average Bonchev–Trinajstić information content (AvgIpc) is 2.39. The SMILES string of the molecule is Cc1ccc(F)c(CN2CC[C@H](C(=O)O)[C@H](O)C2)c1F. The molecule has 0 amide bonds. The van der Waals surface area contributed by atoms with E-state index in [-0.39, 0.29) is 25.1 Å². The fourth-order valence-corrected chi connectivity index (χ4v) is 2.51. The second kappa shape index (κ2) is 5.85. The molecule has 1 aliphatic rings. The molecule has 110 valence electrons. The van der Waals surface area contributed by atoms with E-state index >= 15 is 0 Å². The van der Waals surface area contributed by atoms with Crippen molar-refractivity contribution in [2.75, 3.05) is 13.1 Å². The lowest BCUT2D eigenvalue weighted by Gasteiger charge is -2.34. The van der Waals surface area contributed by atoms with Crippen LogP contribution in [0.4, 0.5) is 8.78 Å². The number of β-amino-alcohol motifs (C(OH)–C–C–N with tert-alkyl or cyclic N) is 1. The molecule has 0 bridgehead atoms. The van der Waals surface area contributed by atoms with Crippen molar-refractivity contribution in [2.24, 2.45) is 5.92 Å². The number of carbonyl (C=O) groups is 1. The normalized spacial score (nSPS) is 23.8. The number of halogens is 2. The van der Waals surface area contributed by atoms with Crippen LogP contribution in [-0.4, -0.2) is 40.3 Å². The van der Waals surface area contributed by atoms with Crippen molar-refractivity contribution in [3.63, 3.8) is 0 Å². The van der Waals surface area contributed by atoms with Gasteiger partial charge in [-0.15, -0.1) is 0 Å². The molecule has 1 fully saturated rings. The summed E-state index contributed by atoms with van der Waals surface area (Å²) in [4.78, 5) is 12.6. The minimum absolute atomic E-state index is 0.0305. The number of likely N-dealkylation sites (tertiary alicyclic amines) is 1. The van der Waals surface area contributed by atoms with Crippen molar-refractivity contribution in [1.29, 1.82) is 0 Å². The molecule has 0 unspecified atom stereocenters. The van der Waals surface area contributed by atoms with Crippen LogP contribution in [0.2, 0.25) is 0 Å². The molecule has 2 N–H and O–H groups in total. The van der Waals surface area contributed by atoms with Gasteiger partial charge >= 0.3 is 5.97 Å². The van der Waals surface area contributed by atoms with Gasteiger partial charge in [-0.05, 0) is 31.5 Å². The first-order chi connectivity index (χ1) is 9.40.